The molecule has 1 aromatic carbocycles. The number of hydrazine groups is 1. The Morgan fingerprint density at radius 3 is 2.32 bits per heavy atom. The maximum atomic E-state index is 5.86. The summed E-state index contributed by atoms with van der Waals surface area (Å²) >= 11 is 3.59. The van der Waals surface area contributed by atoms with Crippen molar-refractivity contribution in [2.75, 3.05) is 0 Å². The molecule has 2 rings (SSSR count). The summed E-state index contributed by atoms with van der Waals surface area (Å²) in [5, 5.41) is 0. The van der Waals surface area contributed by atoms with Gasteiger partial charge >= 0.3 is 0 Å². The van der Waals surface area contributed by atoms with Crippen LogP contribution in [-0.2, 0) is 0 Å². The van der Waals surface area contributed by atoms with Gasteiger partial charge in [-0.3, -0.25) is 11.3 Å². The molecule has 0 radical (unpaired) electrons. The maximum absolute atomic E-state index is 5.86. The number of nitrogens with two attached hydrogens (primary N) is 1. The van der Waals surface area contributed by atoms with Gasteiger partial charge in [-0.1, -0.05) is 35.8 Å². The molecule has 0 aromatic heterocycles. The molecular weight excluding hydrogens is 300 g/mol. The molecule has 3 heteroatoms. The van der Waals surface area contributed by atoms with Crippen LogP contribution in [0.2, 0.25) is 0 Å². The van der Waals surface area contributed by atoms with Gasteiger partial charge in [-0.25, -0.2) is 0 Å². The summed E-state index contributed by atoms with van der Waals surface area (Å²) < 4.78 is 1.14. The molecule has 1 aliphatic rings. The minimum absolute atomic E-state index is 0.265. The van der Waals surface area contributed by atoms with Crippen molar-refractivity contribution in [3.05, 3.63) is 33.8 Å². The normalized spacial score (nSPS) is 29.2. The predicted octanol–water partition coefficient (Wildman–Crippen LogP) is 4.33. The molecule has 1 aromatic rings. The van der Waals surface area contributed by atoms with Crippen LogP contribution in [0.1, 0.15) is 50.3 Å². The first-order valence-corrected chi connectivity index (χ1v) is 8.02. The van der Waals surface area contributed by atoms with E-state index < -0.39 is 0 Å². The molecule has 1 fully saturated rings. The zero-order valence-corrected chi connectivity index (χ0v) is 13.7. The monoisotopic (exact) mass is 324 g/mol. The number of benzene rings is 1. The van der Waals surface area contributed by atoms with Crippen molar-refractivity contribution in [1.82, 2.24) is 5.43 Å². The van der Waals surface area contributed by atoms with E-state index in [1.165, 1.54) is 30.4 Å². The number of hydrogen-bond donors (Lipinski definition) is 2. The summed E-state index contributed by atoms with van der Waals surface area (Å²) in [4.78, 5) is 0. The highest BCUT2D eigenvalue weighted by Crippen LogP contribution is 2.40. The molecule has 19 heavy (non-hydrogen) atoms. The molecule has 3 atom stereocenters. The maximum Gasteiger partial charge on any atom is 0.0488 e. The Kier molecular flexibility index (Phi) is 5.04. The summed E-state index contributed by atoms with van der Waals surface area (Å²) in [5.41, 5.74) is 5.65. The zero-order valence-electron chi connectivity index (χ0n) is 12.1. The molecule has 3 unspecified atom stereocenters. The second kappa shape index (κ2) is 6.38. The average Bonchev–Trinajstić information content (AvgIpc) is 2.27. The zero-order chi connectivity index (χ0) is 14.0. The first kappa shape index (κ1) is 15.0. The van der Waals surface area contributed by atoms with Crippen LogP contribution in [-0.4, -0.2) is 0 Å². The van der Waals surface area contributed by atoms with Crippen molar-refractivity contribution in [3.8, 4) is 0 Å². The second-order valence-electron chi connectivity index (χ2n) is 6.38. The Morgan fingerprint density at radius 1 is 1.16 bits per heavy atom. The summed E-state index contributed by atoms with van der Waals surface area (Å²) in [6, 6.07) is 6.85. The molecule has 0 spiro atoms. The third-order valence-electron chi connectivity index (χ3n) is 4.29. The van der Waals surface area contributed by atoms with E-state index in [4.69, 9.17) is 5.84 Å². The van der Waals surface area contributed by atoms with E-state index in [0.717, 1.165) is 16.3 Å². The molecule has 3 N–H and O–H groups in total. The highest BCUT2D eigenvalue weighted by molar-refractivity contribution is 9.10. The number of halogens is 1. The molecular formula is C16H25BrN2. The fourth-order valence-corrected chi connectivity index (χ4v) is 4.36. The van der Waals surface area contributed by atoms with E-state index in [-0.39, 0.29) is 6.04 Å². The minimum Gasteiger partial charge on any atom is -0.271 e. The van der Waals surface area contributed by atoms with E-state index in [1.54, 1.807) is 0 Å². The van der Waals surface area contributed by atoms with Crippen molar-refractivity contribution in [3.63, 3.8) is 0 Å². The second-order valence-corrected chi connectivity index (χ2v) is 7.30. The van der Waals surface area contributed by atoms with Gasteiger partial charge in [0.25, 0.3) is 0 Å². The SMILES string of the molecule is Cc1cc(Br)cc(C(NN)C2CC(C)CC(C)C2)c1. The summed E-state index contributed by atoms with van der Waals surface area (Å²) in [5.74, 6) is 8.11. The van der Waals surface area contributed by atoms with Crippen molar-refractivity contribution in [2.45, 2.75) is 46.1 Å². The summed E-state index contributed by atoms with van der Waals surface area (Å²) in [6.45, 7) is 6.86. The number of nitrogens with one attached hydrogen (secondary N) is 1. The Labute approximate surface area is 125 Å². The fourth-order valence-electron chi connectivity index (χ4n) is 3.73. The van der Waals surface area contributed by atoms with Crippen LogP contribution in [0.5, 0.6) is 0 Å². The van der Waals surface area contributed by atoms with Crippen LogP contribution in [0.25, 0.3) is 0 Å². The molecule has 2 nitrogen and oxygen atoms in total. The van der Waals surface area contributed by atoms with Gasteiger partial charge < -0.3 is 0 Å². The topological polar surface area (TPSA) is 38.0 Å². The van der Waals surface area contributed by atoms with Gasteiger partial charge in [0.05, 0.1) is 0 Å². The fraction of sp³-hybridized carbons (Fsp3) is 0.625. The summed E-state index contributed by atoms with van der Waals surface area (Å²) in [7, 11) is 0. The molecule has 0 aliphatic heterocycles. The van der Waals surface area contributed by atoms with Gasteiger partial charge in [0.1, 0.15) is 0 Å². The van der Waals surface area contributed by atoms with Crippen molar-refractivity contribution < 1.29 is 0 Å². The molecule has 0 amide bonds. The Morgan fingerprint density at radius 2 is 1.79 bits per heavy atom. The third kappa shape index (κ3) is 3.80. The average molecular weight is 325 g/mol. The molecule has 1 saturated carbocycles. The van der Waals surface area contributed by atoms with Crippen LogP contribution in [0, 0.1) is 24.7 Å². The third-order valence-corrected chi connectivity index (χ3v) is 4.75. The van der Waals surface area contributed by atoms with Crippen molar-refractivity contribution in [2.24, 2.45) is 23.6 Å². The first-order valence-electron chi connectivity index (χ1n) is 7.22. The van der Waals surface area contributed by atoms with Crippen LogP contribution < -0.4 is 11.3 Å². The van der Waals surface area contributed by atoms with Crippen LogP contribution in [0.3, 0.4) is 0 Å². The van der Waals surface area contributed by atoms with Gasteiger partial charge in [0.2, 0.25) is 0 Å². The van der Waals surface area contributed by atoms with E-state index in [0.29, 0.717) is 5.92 Å². The minimum atomic E-state index is 0.265. The molecule has 106 valence electrons. The molecule has 1 aliphatic carbocycles. The van der Waals surface area contributed by atoms with Crippen LogP contribution >= 0.6 is 15.9 Å². The number of rotatable bonds is 3. The number of aryl methyl sites for hydroxylation is 1. The van der Waals surface area contributed by atoms with E-state index in [1.807, 2.05) is 0 Å². The highest BCUT2D eigenvalue weighted by atomic mass is 79.9. The molecule has 0 heterocycles. The first-order chi connectivity index (χ1) is 8.99. The Balaban J connectivity index is 2.23. The van der Waals surface area contributed by atoms with E-state index >= 15 is 0 Å². The van der Waals surface area contributed by atoms with E-state index in [9.17, 15) is 0 Å². The highest BCUT2D eigenvalue weighted by Gasteiger charge is 2.30. The standard InChI is InChI=1S/C16H25BrN2/c1-10-4-11(2)6-13(5-10)16(19-18)14-7-12(3)8-15(17)9-14/h7-11,13,16,19H,4-6,18H2,1-3H3. The van der Waals surface area contributed by atoms with Gasteiger partial charge in [-0.15, -0.1) is 0 Å². The van der Waals surface area contributed by atoms with E-state index in [2.05, 4.69) is 60.3 Å². The lowest BCUT2D eigenvalue weighted by Crippen LogP contribution is -2.37. The van der Waals surface area contributed by atoms with Gasteiger partial charge in [0, 0.05) is 10.5 Å². The Bertz CT molecular complexity index is 403. The van der Waals surface area contributed by atoms with Gasteiger partial charge in [-0.2, -0.15) is 0 Å². The van der Waals surface area contributed by atoms with Crippen LogP contribution in [0.15, 0.2) is 22.7 Å². The smallest absolute Gasteiger partial charge is 0.0488 e. The van der Waals surface area contributed by atoms with Crippen molar-refractivity contribution >= 4 is 15.9 Å². The lowest BCUT2D eigenvalue weighted by Gasteiger charge is -2.36. The predicted molar refractivity (Wildman–Crippen MR) is 84.6 cm³/mol. The van der Waals surface area contributed by atoms with Crippen LogP contribution in [0.4, 0.5) is 0 Å². The lowest BCUT2D eigenvalue weighted by molar-refractivity contribution is 0.177. The van der Waals surface area contributed by atoms with Crippen molar-refractivity contribution in [1.29, 1.82) is 0 Å². The lowest BCUT2D eigenvalue weighted by atomic mass is 9.72. The number of hydrogen-bond acceptors (Lipinski definition) is 2. The van der Waals surface area contributed by atoms with Gasteiger partial charge in [0.15, 0.2) is 0 Å². The summed E-state index contributed by atoms with van der Waals surface area (Å²) in [6.07, 6.45) is 3.89. The largest absolute Gasteiger partial charge is 0.271 e. The quantitative estimate of drug-likeness (QED) is 0.641. The molecule has 0 bridgehead atoms. The van der Waals surface area contributed by atoms with Gasteiger partial charge in [-0.05, 0) is 67.2 Å². The molecule has 0 saturated heterocycles. The Hall–Kier alpha value is -0.380.